The van der Waals surface area contributed by atoms with Crippen molar-refractivity contribution < 1.29 is 47.7 Å². The van der Waals surface area contributed by atoms with Crippen molar-refractivity contribution in [1.29, 1.82) is 0 Å². The predicted molar refractivity (Wildman–Crippen MR) is 253 cm³/mol. The normalized spacial score (nSPS) is 16.7. The minimum absolute atomic E-state index is 0.0104. The first-order valence-corrected chi connectivity index (χ1v) is 23.2. The van der Waals surface area contributed by atoms with Gasteiger partial charge in [0, 0.05) is 57.2 Å². The number of aromatic nitrogens is 4. The molecule has 0 spiro atoms. The number of imide groups is 1. The summed E-state index contributed by atoms with van der Waals surface area (Å²) in [4.78, 5) is 103. The molecule has 21 heteroatoms. The van der Waals surface area contributed by atoms with Crippen LogP contribution in [0.4, 0.5) is 20.4 Å². The fourth-order valence-corrected chi connectivity index (χ4v) is 9.40. The van der Waals surface area contributed by atoms with Crippen LogP contribution in [0.25, 0.3) is 26.9 Å². The first kappa shape index (κ1) is 47.9. The summed E-state index contributed by atoms with van der Waals surface area (Å²) in [6.07, 6.45) is 7.77. The highest BCUT2D eigenvalue weighted by Gasteiger charge is 2.37. The van der Waals surface area contributed by atoms with E-state index in [1.54, 1.807) is 50.1 Å². The number of carbonyl (C=O) groups excluding carboxylic acids is 3. The third-order valence-corrected chi connectivity index (χ3v) is 13.4. The first-order chi connectivity index (χ1) is 34.1. The lowest BCUT2D eigenvalue weighted by atomic mass is 9.97. The van der Waals surface area contributed by atoms with Gasteiger partial charge in [0.25, 0.3) is 11.8 Å². The van der Waals surface area contributed by atoms with Crippen LogP contribution in [-0.4, -0.2) is 110 Å². The lowest BCUT2D eigenvalue weighted by Crippen LogP contribution is -2.35. The monoisotopic (exact) mass is 971 g/mol. The second-order valence-electron chi connectivity index (χ2n) is 17.8. The second-order valence-corrected chi connectivity index (χ2v) is 17.8. The Morgan fingerprint density at radius 1 is 0.746 bits per heavy atom. The van der Waals surface area contributed by atoms with E-state index >= 15 is 8.78 Å². The highest BCUT2D eigenvalue weighted by molar-refractivity contribution is 6.21. The zero-order valence-electron chi connectivity index (χ0n) is 38.5. The summed E-state index contributed by atoms with van der Waals surface area (Å²) in [5.41, 5.74) is 7.07. The van der Waals surface area contributed by atoms with Gasteiger partial charge in [-0.05, 0) is 82.6 Å². The van der Waals surface area contributed by atoms with Gasteiger partial charge >= 0.3 is 17.9 Å². The zero-order valence-corrected chi connectivity index (χ0v) is 38.5. The summed E-state index contributed by atoms with van der Waals surface area (Å²) in [6, 6.07) is 8.76. The lowest BCUT2D eigenvalue weighted by Gasteiger charge is -2.31. The third kappa shape index (κ3) is 9.13. The molecule has 0 unspecified atom stereocenters. The van der Waals surface area contributed by atoms with Gasteiger partial charge in [-0.1, -0.05) is 23.3 Å². The first-order valence-electron chi connectivity index (χ1n) is 23.2. The Hall–Kier alpha value is -8.12. The van der Waals surface area contributed by atoms with Crippen LogP contribution in [0.5, 0.6) is 0 Å². The fourth-order valence-electron chi connectivity index (χ4n) is 9.40. The summed E-state index contributed by atoms with van der Waals surface area (Å²) >= 11 is 0. The Morgan fingerprint density at radius 3 is 1.56 bits per heavy atom. The van der Waals surface area contributed by atoms with E-state index in [0.29, 0.717) is 74.3 Å². The number of ether oxygens (including phenoxy) is 1. The van der Waals surface area contributed by atoms with E-state index in [1.165, 1.54) is 12.4 Å². The van der Waals surface area contributed by atoms with Crippen LogP contribution in [-0.2, 0) is 9.53 Å². The van der Waals surface area contributed by atoms with Crippen molar-refractivity contribution in [1.82, 2.24) is 24.0 Å². The van der Waals surface area contributed by atoms with Gasteiger partial charge in [-0.3, -0.25) is 24.1 Å². The number of aromatic carboxylic acids is 2. The van der Waals surface area contributed by atoms with E-state index in [-0.39, 0.29) is 71.0 Å². The maximum absolute atomic E-state index is 15.2. The molecule has 0 bridgehead atoms. The molecule has 2 saturated heterocycles. The molecule has 71 heavy (non-hydrogen) atoms. The molecule has 4 fully saturated rings. The van der Waals surface area contributed by atoms with Crippen molar-refractivity contribution in [3.05, 3.63) is 137 Å². The van der Waals surface area contributed by atoms with Gasteiger partial charge in [-0.15, -0.1) is 0 Å². The number of amides is 2. The van der Waals surface area contributed by atoms with Gasteiger partial charge in [-0.25, -0.2) is 38.0 Å². The molecule has 3 aliphatic heterocycles. The lowest BCUT2D eigenvalue weighted by molar-refractivity contribution is -0.138. The van der Waals surface area contributed by atoms with Gasteiger partial charge in [-0.2, -0.15) is 0 Å². The second kappa shape index (κ2) is 19.3. The van der Waals surface area contributed by atoms with E-state index in [2.05, 4.69) is 14.8 Å². The quantitative estimate of drug-likeness (QED) is 0.0629. The molecule has 5 aliphatic rings. The average molecular weight is 972 g/mol. The smallest absolute Gasteiger partial charge is 0.341 e. The number of esters is 1. The number of halogens is 2. The number of piperidine rings is 2. The van der Waals surface area contributed by atoms with E-state index in [9.17, 15) is 43.8 Å². The Morgan fingerprint density at radius 2 is 1.18 bits per heavy atom. The number of anilines is 2. The molecule has 4 aromatic heterocycles. The number of hydrogen-bond acceptors (Lipinski definition) is 13. The summed E-state index contributed by atoms with van der Waals surface area (Å²) in [7, 11) is 0. The fraction of sp³-hybridized carbons (Fsp3) is 0.360. The van der Waals surface area contributed by atoms with Crippen LogP contribution in [0.1, 0.15) is 112 Å². The topological polar surface area (TPSA) is 245 Å². The molecule has 0 atom stereocenters. The minimum Gasteiger partial charge on any atom is -0.477 e. The van der Waals surface area contributed by atoms with Crippen LogP contribution in [0.3, 0.4) is 0 Å². The summed E-state index contributed by atoms with van der Waals surface area (Å²) < 4.78 is 38.6. The van der Waals surface area contributed by atoms with Crippen molar-refractivity contribution in [3.63, 3.8) is 0 Å². The van der Waals surface area contributed by atoms with Crippen LogP contribution in [0, 0.1) is 18.2 Å². The molecular formula is C50H47F2N9O10. The molecule has 366 valence electrons. The van der Waals surface area contributed by atoms with Gasteiger partial charge in [0.2, 0.25) is 10.9 Å². The molecule has 5 aromatic rings. The number of nitrogens with two attached hydrogens (primary N) is 1. The standard InChI is InChI=1S/C28H22FN5O5.C22H25FN4O5/c1-30-22(14-34-26(36)17-4-2-3-5-18(17)27(34)37)15-8-10-32(11-9-15)25-21(29)12-19-23(35)20(28(38)39)13-33(16-6-7-16)24(19)31-25;1-2-32-22(31)15(10-24)12-5-7-26(8-6-12)20-17(23)9-14-18(28)16(21(29)30)11-27(13-3-4-13)19(14)25-20/h2-5,12-13,16H,6-11,14H2,(H,38,39);9,11,13H,2-8,10,24H2,1H3,(H,29,30). The van der Waals surface area contributed by atoms with Gasteiger partial charge in [0.05, 0.1) is 47.2 Å². The third-order valence-electron chi connectivity index (χ3n) is 13.4. The number of carboxylic acids is 2. The van der Waals surface area contributed by atoms with Crippen molar-refractivity contribution in [3.8, 4) is 0 Å². The van der Waals surface area contributed by atoms with Crippen molar-refractivity contribution in [2.75, 3.05) is 55.7 Å². The van der Waals surface area contributed by atoms with E-state index in [1.807, 2.05) is 0 Å². The maximum atomic E-state index is 15.2. The summed E-state index contributed by atoms with van der Waals surface area (Å²) in [5, 5.41) is 18.7. The number of carboxylic acid groups (broad SMARTS) is 2. The van der Waals surface area contributed by atoms with E-state index < -0.39 is 57.8 Å². The average Bonchev–Trinajstić information content (AvgIpc) is 4.32. The van der Waals surface area contributed by atoms with Crippen LogP contribution in [0.15, 0.2) is 80.8 Å². The van der Waals surface area contributed by atoms with E-state index in [0.717, 1.165) is 53.9 Å². The Bertz CT molecular complexity index is 3290. The number of benzene rings is 1. The summed E-state index contributed by atoms with van der Waals surface area (Å²) in [6.45, 7) is 11.2. The molecule has 0 radical (unpaired) electrons. The number of nitrogens with zero attached hydrogens (tertiary/aromatic N) is 8. The van der Waals surface area contributed by atoms with Crippen LogP contribution in [0.2, 0.25) is 0 Å². The van der Waals surface area contributed by atoms with Crippen molar-refractivity contribution in [2.45, 2.75) is 70.4 Å². The highest BCUT2D eigenvalue weighted by atomic mass is 19.1. The maximum Gasteiger partial charge on any atom is 0.341 e. The number of rotatable bonds is 11. The molecule has 2 amide bonds. The number of pyridine rings is 4. The molecule has 19 nitrogen and oxygen atoms in total. The van der Waals surface area contributed by atoms with Gasteiger partial charge < -0.3 is 39.6 Å². The van der Waals surface area contributed by atoms with Crippen molar-refractivity contribution >= 4 is 63.4 Å². The Balaban J connectivity index is 0.000000180. The predicted octanol–water partition coefficient (Wildman–Crippen LogP) is 5.63. The molecular weight excluding hydrogens is 925 g/mol. The Kier molecular flexibility index (Phi) is 13.1. The van der Waals surface area contributed by atoms with Crippen molar-refractivity contribution in [2.24, 2.45) is 5.73 Å². The molecule has 4 N–H and O–H groups in total. The highest BCUT2D eigenvalue weighted by Crippen LogP contribution is 2.39. The summed E-state index contributed by atoms with van der Waals surface area (Å²) in [5.74, 6) is -5.23. The molecule has 2 saturated carbocycles. The van der Waals surface area contributed by atoms with Crippen LogP contribution < -0.4 is 26.4 Å². The molecule has 10 rings (SSSR count). The van der Waals surface area contributed by atoms with Crippen LogP contribution >= 0.6 is 0 Å². The van der Waals surface area contributed by atoms with E-state index in [4.69, 9.17) is 17.0 Å². The molecule has 1 aromatic carbocycles. The number of fused-ring (bicyclic) bond motifs is 3. The molecule has 2 aliphatic carbocycles. The number of carbonyl (C=O) groups is 5. The van der Waals surface area contributed by atoms with Gasteiger partial charge in [0.15, 0.2) is 29.0 Å². The largest absolute Gasteiger partial charge is 0.477 e. The number of hydrogen-bond donors (Lipinski definition) is 3. The minimum atomic E-state index is -1.37. The Labute approximate surface area is 402 Å². The van der Waals surface area contributed by atoms with Gasteiger partial charge in [0.1, 0.15) is 22.4 Å². The zero-order chi connectivity index (χ0) is 50.4. The molecule has 7 heterocycles. The SMILES string of the molecule is CCOC(=O)C(CN)=C1CCN(c2nc3c(cc2F)c(=O)c(C(=O)O)cn3C2CC2)CC1.[C-]#[N+]C(CN1C(=O)c2ccccc2C1=O)=C1CCN(c2nc3c(cc2F)c(=O)c(C(=O)O)cn3C2CC2)CC1.